The van der Waals surface area contributed by atoms with Crippen LogP contribution in [0, 0.1) is 0 Å². The highest BCUT2D eigenvalue weighted by molar-refractivity contribution is 7.13. The number of pyridine rings is 1. The number of benzene rings is 1. The fraction of sp³-hybridized carbons (Fsp3) is 0.133. The number of methoxy groups -OCH3 is 2. The first kappa shape index (κ1) is 12.7. The van der Waals surface area contributed by atoms with Crippen molar-refractivity contribution >= 4 is 22.2 Å². The van der Waals surface area contributed by atoms with Crippen molar-refractivity contribution < 1.29 is 9.47 Å². The molecule has 4 nitrogen and oxygen atoms in total. The molecule has 0 bridgehead atoms. The molecule has 0 aliphatic heterocycles. The van der Waals surface area contributed by atoms with Crippen molar-refractivity contribution in [2.75, 3.05) is 14.2 Å². The first-order valence-corrected chi connectivity index (χ1v) is 6.94. The van der Waals surface area contributed by atoms with Crippen LogP contribution in [0.15, 0.2) is 40.5 Å². The van der Waals surface area contributed by atoms with Gasteiger partial charge in [0.05, 0.1) is 30.3 Å². The second-order valence-electron chi connectivity index (χ2n) is 4.28. The maximum absolute atomic E-state index is 12.3. The van der Waals surface area contributed by atoms with Crippen molar-refractivity contribution in [3.63, 3.8) is 0 Å². The number of nitrogens with one attached hydrogen (secondary N) is 1. The molecule has 0 saturated heterocycles. The molecule has 2 aromatic heterocycles. The van der Waals surface area contributed by atoms with E-state index in [-0.39, 0.29) is 5.43 Å². The third-order valence-corrected chi connectivity index (χ3v) is 4.02. The van der Waals surface area contributed by atoms with E-state index in [1.165, 1.54) is 0 Å². The van der Waals surface area contributed by atoms with E-state index >= 15 is 0 Å². The maximum Gasteiger partial charge on any atom is 0.190 e. The predicted octanol–water partition coefficient (Wildman–Crippen LogP) is 3.27. The summed E-state index contributed by atoms with van der Waals surface area (Å²) in [4.78, 5) is 16.5. The average molecular weight is 287 g/mol. The van der Waals surface area contributed by atoms with Crippen LogP contribution in [0.1, 0.15) is 0 Å². The molecule has 1 aromatic carbocycles. The molecular formula is C15H13NO3S. The van der Waals surface area contributed by atoms with Gasteiger partial charge in [-0.2, -0.15) is 0 Å². The molecule has 0 aliphatic carbocycles. The second kappa shape index (κ2) is 5.02. The first-order chi connectivity index (χ1) is 9.72. The largest absolute Gasteiger partial charge is 0.493 e. The first-order valence-electron chi connectivity index (χ1n) is 6.06. The number of hydrogen-bond donors (Lipinski definition) is 1. The summed E-state index contributed by atoms with van der Waals surface area (Å²) in [5.74, 6) is 1.15. The van der Waals surface area contributed by atoms with Crippen LogP contribution in [0.3, 0.4) is 0 Å². The summed E-state index contributed by atoms with van der Waals surface area (Å²) < 4.78 is 10.5. The van der Waals surface area contributed by atoms with Crippen LogP contribution in [0.5, 0.6) is 11.5 Å². The highest BCUT2D eigenvalue weighted by Crippen LogP contribution is 2.31. The van der Waals surface area contributed by atoms with Crippen LogP contribution in [0.2, 0.25) is 0 Å². The van der Waals surface area contributed by atoms with E-state index in [4.69, 9.17) is 9.47 Å². The zero-order valence-electron chi connectivity index (χ0n) is 11.1. The number of aromatic amines is 1. The van der Waals surface area contributed by atoms with Crippen molar-refractivity contribution in [3.05, 3.63) is 45.9 Å². The van der Waals surface area contributed by atoms with Gasteiger partial charge in [0, 0.05) is 17.5 Å². The Kier molecular flexibility index (Phi) is 3.20. The van der Waals surface area contributed by atoms with Crippen LogP contribution in [-0.2, 0) is 0 Å². The van der Waals surface area contributed by atoms with Gasteiger partial charge in [0.1, 0.15) is 0 Å². The molecule has 0 fully saturated rings. The zero-order valence-corrected chi connectivity index (χ0v) is 11.9. The van der Waals surface area contributed by atoms with E-state index in [0.29, 0.717) is 16.9 Å². The lowest BCUT2D eigenvalue weighted by Crippen LogP contribution is -2.03. The van der Waals surface area contributed by atoms with Crippen molar-refractivity contribution in [1.29, 1.82) is 0 Å². The molecule has 0 unspecified atom stereocenters. The van der Waals surface area contributed by atoms with Gasteiger partial charge in [0.25, 0.3) is 0 Å². The fourth-order valence-electron chi connectivity index (χ4n) is 2.14. The Morgan fingerprint density at radius 1 is 1.10 bits per heavy atom. The van der Waals surface area contributed by atoms with Gasteiger partial charge >= 0.3 is 0 Å². The van der Waals surface area contributed by atoms with Crippen LogP contribution in [0.4, 0.5) is 0 Å². The normalized spacial score (nSPS) is 10.7. The Morgan fingerprint density at radius 2 is 1.85 bits per heavy atom. The molecule has 1 N–H and O–H groups in total. The Balaban J connectivity index is 2.28. The summed E-state index contributed by atoms with van der Waals surface area (Å²) in [6, 6.07) is 9.03. The van der Waals surface area contributed by atoms with Crippen LogP contribution < -0.4 is 14.9 Å². The molecule has 3 aromatic rings. The molecule has 2 heterocycles. The minimum atomic E-state index is -0.0388. The second-order valence-corrected chi connectivity index (χ2v) is 5.23. The van der Waals surface area contributed by atoms with Gasteiger partial charge in [-0.15, -0.1) is 11.3 Å². The van der Waals surface area contributed by atoms with Crippen LogP contribution in [-0.4, -0.2) is 19.2 Å². The van der Waals surface area contributed by atoms with Gasteiger partial charge < -0.3 is 14.5 Å². The number of hydrogen-bond acceptors (Lipinski definition) is 4. The average Bonchev–Trinajstić information content (AvgIpc) is 3.00. The summed E-state index contributed by atoms with van der Waals surface area (Å²) in [5, 5.41) is 2.56. The standard InChI is InChI=1S/C15H13NO3S/c1-18-13-6-9-10(8-14(13)19-2)16-11(7-12(9)17)15-4-3-5-20-15/h3-8H,1-2H3,(H,16,17). The molecule has 0 amide bonds. The smallest absolute Gasteiger partial charge is 0.190 e. The minimum absolute atomic E-state index is 0.0388. The number of ether oxygens (including phenoxy) is 2. The predicted molar refractivity (Wildman–Crippen MR) is 81.0 cm³/mol. The molecule has 3 rings (SSSR count). The number of rotatable bonds is 3. The fourth-order valence-corrected chi connectivity index (χ4v) is 2.84. The number of fused-ring (bicyclic) bond motifs is 1. The van der Waals surface area contributed by atoms with E-state index in [1.807, 2.05) is 17.5 Å². The molecule has 0 radical (unpaired) electrons. The van der Waals surface area contributed by atoms with Crippen LogP contribution in [0.25, 0.3) is 21.5 Å². The van der Waals surface area contributed by atoms with Gasteiger partial charge in [-0.25, -0.2) is 0 Å². The van der Waals surface area contributed by atoms with Gasteiger partial charge in [0.15, 0.2) is 16.9 Å². The summed E-state index contributed by atoms with van der Waals surface area (Å²) in [5.41, 5.74) is 1.51. The lowest BCUT2D eigenvalue weighted by molar-refractivity contribution is 0.356. The van der Waals surface area contributed by atoms with Gasteiger partial charge in [-0.05, 0) is 17.5 Å². The highest BCUT2D eigenvalue weighted by Gasteiger charge is 2.10. The minimum Gasteiger partial charge on any atom is -0.493 e. The monoisotopic (exact) mass is 287 g/mol. The zero-order chi connectivity index (χ0) is 14.1. The lowest BCUT2D eigenvalue weighted by Gasteiger charge is -2.09. The summed E-state index contributed by atoms with van der Waals surface area (Å²) in [6.07, 6.45) is 0. The van der Waals surface area contributed by atoms with E-state index in [9.17, 15) is 4.79 Å². The number of H-pyrrole nitrogens is 1. The van der Waals surface area contributed by atoms with Gasteiger partial charge in [0.2, 0.25) is 0 Å². The molecule has 5 heteroatoms. The molecule has 0 spiro atoms. The molecule has 0 atom stereocenters. The van der Waals surface area contributed by atoms with Gasteiger partial charge in [-0.3, -0.25) is 4.79 Å². The molecule has 20 heavy (non-hydrogen) atoms. The Labute approximate surface area is 119 Å². The Hall–Kier alpha value is -2.27. The van der Waals surface area contributed by atoms with Crippen molar-refractivity contribution in [2.45, 2.75) is 0 Å². The SMILES string of the molecule is COc1cc2[nH]c(-c3cccs3)cc(=O)c2cc1OC. The maximum atomic E-state index is 12.3. The summed E-state index contributed by atoms with van der Waals surface area (Å²) >= 11 is 1.58. The lowest BCUT2D eigenvalue weighted by atomic mass is 10.1. The molecule has 0 saturated carbocycles. The number of aromatic nitrogens is 1. The summed E-state index contributed by atoms with van der Waals surface area (Å²) in [7, 11) is 3.13. The third kappa shape index (κ3) is 2.06. The van der Waals surface area contributed by atoms with Gasteiger partial charge in [-0.1, -0.05) is 6.07 Å². The van der Waals surface area contributed by atoms with E-state index in [2.05, 4.69) is 4.98 Å². The van der Waals surface area contributed by atoms with Crippen molar-refractivity contribution in [2.24, 2.45) is 0 Å². The Morgan fingerprint density at radius 3 is 2.50 bits per heavy atom. The van der Waals surface area contributed by atoms with E-state index in [1.54, 1.807) is 43.8 Å². The molecular weight excluding hydrogens is 274 g/mol. The van der Waals surface area contributed by atoms with Crippen LogP contribution >= 0.6 is 11.3 Å². The third-order valence-electron chi connectivity index (χ3n) is 3.12. The summed E-state index contributed by atoms with van der Waals surface area (Å²) in [6.45, 7) is 0. The Bertz CT molecular complexity index is 806. The quantitative estimate of drug-likeness (QED) is 0.804. The highest BCUT2D eigenvalue weighted by atomic mass is 32.1. The van der Waals surface area contributed by atoms with E-state index in [0.717, 1.165) is 16.1 Å². The number of thiophene rings is 1. The van der Waals surface area contributed by atoms with Crippen molar-refractivity contribution in [3.8, 4) is 22.1 Å². The topological polar surface area (TPSA) is 51.3 Å². The molecule has 0 aliphatic rings. The van der Waals surface area contributed by atoms with E-state index < -0.39 is 0 Å². The molecule has 102 valence electrons. The van der Waals surface area contributed by atoms with Crippen molar-refractivity contribution in [1.82, 2.24) is 4.98 Å².